The highest BCUT2D eigenvalue weighted by atomic mass is 16.2. The highest BCUT2D eigenvalue weighted by Crippen LogP contribution is 2.26. The van der Waals surface area contributed by atoms with Crippen LogP contribution in [0.1, 0.15) is 56.2 Å². The molecular formula is C23H32N6O. The summed E-state index contributed by atoms with van der Waals surface area (Å²) in [5, 5.41) is 6.34. The molecule has 4 rings (SSSR count). The van der Waals surface area contributed by atoms with Gasteiger partial charge < -0.3 is 15.5 Å². The van der Waals surface area contributed by atoms with Gasteiger partial charge in [-0.1, -0.05) is 25.3 Å². The second-order valence-corrected chi connectivity index (χ2v) is 8.51. The van der Waals surface area contributed by atoms with E-state index in [4.69, 9.17) is 4.98 Å². The van der Waals surface area contributed by atoms with Crippen molar-refractivity contribution in [1.29, 1.82) is 0 Å². The first kappa shape index (κ1) is 20.6. The van der Waals surface area contributed by atoms with Gasteiger partial charge in [-0.05, 0) is 51.7 Å². The van der Waals surface area contributed by atoms with E-state index in [1.807, 2.05) is 25.1 Å². The number of hydrogen-bond donors (Lipinski definition) is 2. The van der Waals surface area contributed by atoms with Crippen LogP contribution in [0.25, 0.3) is 11.5 Å². The van der Waals surface area contributed by atoms with E-state index in [9.17, 15) is 4.79 Å². The van der Waals surface area contributed by atoms with Crippen LogP contribution in [0.4, 0.5) is 10.6 Å². The molecule has 0 unspecified atom stereocenters. The molecule has 3 heterocycles. The lowest BCUT2D eigenvalue weighted by Crippen LogP contribution is -2.50. The predicted molar refractivity (Wildman–Crippen MR) is 119 cm³/mol. The molecule has 1 saturated heterocycles. The van der Waals surface area contributed by atoms with Crippen LogP contribution in [-0.4, -0.2) is 46.2 Å². The van der Waals surface area contributed by atoms with Gasteiger partial charge in [0.2, 0.25) is 0 Å². The molecule has 2 aromatic rings. The van der Waals surface area contributed by atoms with Crippen LogP contribution >= 0.6 is 0 Å². The molecule has 1 aliphatic carbocycles. The van der Waals surface area contributed by atoms with Crippen molar-refractivity contribution in [3.63, 3.8) is 0 Å². The molecule has 2 aliphatic rings. The van der Waals surface area contributed by atoms with E-state index in [0.29, 0.717) is 11.9 Å². The molecule has 160 valence electrons. The fourth-order valence-electron chi connectivity index (χ4n) is 4.43. The number of aryl methyl sites for hydroxylation is 1. The van der Waals surface area contributed by atoms with Crippen molar-refractivity contribution in [2.75, 3.05) is 18.0 Å². The standard InChI is InChI=1S/C23H32N6O/c1-16-17(2)25-21(20-10-6-7-13-24-20)28-22(16)29-14-11-19(12-15-29)27-23(30)26-18-8-4-3-5-9-18/h6-7,10,13,18-19H,3-5,8-9,11-12,14-15H2,1-2H3,(H2,26,27,30). The SMILES string of the molecule is Cc1nc(-c2ccccn2)nc(N2CCC(NC(=O)NC3CCCCC3)CC2)c1C. The molecule has 1 saturated carbocycles. The summed E-state index contributed by atoms with van der Waals surface area (Å²) in [6.45, 7) is 5.84. The van der Waals surface area contributed by atoms with Gasteiger partial charge in [0.1, 0.15) is 11.5 Å². The molecular weight excluding hydrogens is 376 g/mol. The molecule has 0 aromatic carbocycles. The first-order valence-electron chi connectivity index (χ1n) is 11.2. The lowest BCUT2D eigenvalue weighted by Gasteiger charge is -2.34. The van der Waals surface area contributed by atoms with Gasteiger partial charge in [0.05, 0.1) is 0 Å². The number of aromatic nitrogens is 3. The maximum Gasteiger partial charge on any atom is 0.315 e. The van der Waals surface area contributed by atoms with Gasteiger partial charge in [-0.3, -0.25) is 4.98 Å². The normalized spacial score (nSPS) is 18.3. The average molecular weight is 409 g/mol. The number of urea groups is 1. The fourth-order valence-corrected chi connectivity index (χ4v) is 4.43. The Labute approximate surface area is 178 Å². The molecule has 2 amide bonds. The minimum atomic E-state index is -0.00755. The summed E-state index contributed by atoms with van der Waals surface area (Å²) in [5.74, 6) is 1.65. The lowest BCUT2D eigenvalue weighted by molar-refractivity contribution is 0.226. The van der Waals surface area contributed by atoms with Crippen LogP contribution < -0.4 is 15.5 Å². The second kappa shape index (κ2) is 9.41. The smallest absolute Gasteiger partial charge is 0.315 e. The van der Waals surface area contributed by atoms with E-state index < -0.39 is 0 Å². The number of rotatable bonds is 4. The Kier molecular flexibility index (Phi) is 6.45. The number of nitrogens with one attached hydrogen (secondary N) is 2. The third-order valence-corrected chi connectivity index (χ3v) is 6.33. The molecule has 2 N–H and O–H groups in total. The molecule has 7 heteroatoms. The Bertz CT molecular complexity index is 857. The molecule has 0 bridgehead atoms. The average Bonchev–Trinajstić information content (AvgIpc) is 2.77. The molecule has 0 radical (unpaired) electrons. The first-order valence-corrected chi connectivity index (χ1v) is 11.2. The summed E-state index contributed by atoms with van der Waals surface area (Å²) in [6, 6.07) is 6.34. The first-order chi connectivity index (χ1) is 14.6. The van der Waals surface area contributed by atoms with E-state index in [1.54, 1.807) is 6.20 Å². The van der Waals surface area contributed by atoms with Gasteiger partial charge >= 0.3 is 6.03 Å². The Morgan fingerprint density at radius 2 is 1.67 bits per heavy atom. The molecule has 0 atom stereocenters. The largest absolute Gasteiger partial charge is 0.356 e. The molecule has 7 nitrogen and oxygen atoms in total. The van der Waals surface area contributed by atoms with Gasteiger partial charge in [0.25, 0.3) is 0 Å². The van der Waals surface area contributed by atoms with E-state index >= 15 is 0 Å². The van der Waals surface area contributed by atoms with E-state index in [0.717, 1.165) is 61.5 Å². The highest BCUT2D eigenvalue weighted by molar-refractivity contribution is 5.74. The number of carbonyl (C=O) groups excluding carboxylic acids is 1. The van der Waals surface area contributed by atoms with Crippen molar-refractivity contribution < 1.29 is 4.79 Å². The van der Waals surface area contributed by atoms with E-state index in [1.165, 1.54) is 19.3 Å². The van der Waals surface area contributed by atoms with Gasteiger partial charge in [0, 0.05) is 42.6 Å². The number of anilines is 1. The number of carbonyl (C=O) groups is 1. The van der Waals surface area contributed by atoms with Crippen LogP contribution in [0.5, 0.6) is 0 Å². The lowest BCUT2D eigenvalue weighted by atomic mass is 9.96. The minimum Gasteiger partial charge on any atom is -0.356 e. The third-order valence-electron chi connectivity index (χ3n) is 6.33. The van der Waals surface area contributed by atoms with Crippen molar-refractivity contribution in [1.82, 2.24) is 25.6 Å². The van der Waals surface area contributed by atoms with Crippen molar-refractivity contribution in [3.05, 3.63) is 35.7 Å². The van der Waals surface area contributed by atoms with E-state index in [-0.39, 0.29) is 12.1 Å². The monoisotopic (exact) mass is 408 g/mol. The Morgan fingerprint density at radius 3 is 2.33 bits per heavy atom. The van der Waals surface area contributed by atoms with Crippen molar-refractivity contribution in [2.24, 2.45) is 0 Å². The number of hydrogen-bond acceptors (Lipinski definition) is 5. The van der Waals surface area contributed by atoms with Gasteiger partial charge in [0.15, 0.2) is 5.82 Å². The summed E-state index contributed by atoms with van der Waals surface area (Å²) in [7, 11) is 0. The molecule has 0 spiro atoms. The summed E-state index contributed by atoms with van der Waals surface area (Å²) in [4.78, 5) is 28.6. The van der Waals surface area contributed by atoms with Crippen molar-refractivity contribution in [3.8, 4) is 11.5 Å². The maximum atomic E-state index is 12.4. The van der Waals surface area contributed by atoms with Crippen molar-refractivity contribution >= 4 is 11.8 Å². The van der Waals surface area contributed by atoms with Crippen LogP contribution in [0, 0.1) is 13.8 Å². The Hall–Kier alpha value is -2.70. The zero-order valence-corrected chi connectivity index (χ0v) is 18.0. The van der Waals surface area contributed by atoms with Crippen LogP contribution in [0.3, 0.4) is 0 Å². The quantitative estimate of drug-likeness (QED) is 0.805. The predicted octanol–water partition coefficient (Wildman–Crippen LogP) is 3.76. The second-order valence-electron chi connectivity index (χ2n) is 8.51. The minimum absolute atomic E-state index is 0.00755. The third kappa shape index (κ3) is 4.89. The highest BCUT2D eigenvalue weighted by Gasteiger charge is 2.25. The van der Waals surface area contributed by atoms with Gasteiger partial charge in [-0.2, -0.15) is 0 Å². The van der Waals surface area contributed by atoms with Crippen molar-refractivity contribution in [2.45, 2.75) is 70.9 Å². The van der Waals surface area contributed by atoms with Crippen LogP contribution in [-0.2, 0) is 0 Å². The van der Waals surface area contributed by atoms with E-state index in [2.05, 4.69) is 32.4 Å². The summed E-state index contributed by atoms with van der Waals surface area (Å²) < 4.78 is 0. The Morgan fingerprint density at radius 1 is 0.967 bits per heavy atom. The Balaban J connectivity index is 1.37. The van der Waals surface area contributed by atoms with Gasteiger partial charge in [-0.15, -0.1) is 0 Å². The summed E-state index contributed by atoms with van der Waals surface area (Å²) in [5.41, 5.74) is 2.88. The molecule has 30 heavy (non-hydrogen) atoms. The molecule has 2 fully saturated rings. The fraction of sp³-hybridized carbons (Fsp3) is 0.565. The van der Waals surface area contributed by atoms with Gasteiger partial charge in [-0.25, -0.2) is 14.8 Å². The topological polar surface area (TPSA) is 83.0 Å². The number of piperidine rings is 1. The summed E-state index contributed by atoms with van der Waals surface area (Å²) in [6.07, 6.45) is 9.56. The zero-order valence-electron chi connectivity index (χ0n) is 18.0. The number of nitrogens with zero attached hydrogens (tertiary/aromatic N) is 4. The number of amides is 2. The maximum absolute atomic E-state index is 12.4. The van der Waals surface area contributed by atoms with Crippen LogP contribution in [0.15, 0.2) is 24.4 Å². The summed E-state index contributed by atoms with van der Waals surface area (Å²) >= 11 is 0. The molecule has 2 aromatic heterocycles. The molecule has 1 aliphatic heterocycles. The zero-order chi connectivity index (χ0) is 20.9. The van der Waals surface area contributed by atoms with Crippen LogP contribution in [0.2, 0.25) is 0 Å². The number of pyridine rings is 1.